The molecular formula is C108H99F5N4O4+4. The lowest BCUT2D eigenvalue weighted by atomic mass is 9.85. The summed E-state index contributed by atoms with van der Waals surface area (Å²) in [6.45, 7) is 33.6. The maximum Gasteiger partial charge on any atom is 0.217 e. The van der Waals surface area contributed by atoms with Crippen molar-refractivity contribution in [1.29, 1.82) is 0 Å². The van der Waals surface area contributed by atoms with E-state index in [1.807, 2.05) is 118 Å². The fourth-order valence-electron chi connectivity index (χ4n) is 18.2. The Kier molecular flexibility index (Phi) is 20.5. The third kappa shape index (κ3) is 14.1. The van der Waals surface area contributed by atoms with Crippen LogP contribution in [0.1, 0.15) is 107 Å². The van der Waals surface area contributed by atoms with Crippen LogP contribution in [0.25, 0.3) is 176 Å². The molecule has 606 valence electrons. The summed E-state index contributed by atoms with van der Waals surface area (Å²) in [6, 6.07) is 66.2. The molecule has 0 saturated heterocycles. The molecule has 0 atom stereocenters. The highest BCUT2D eigenvalue weighted by molar-refractivity contribution is 6.14. The van der Waals surface area contributed by atoms with Crippen molar-refractivity contribution in [1.82, 2.24) is 0 Å². The topological polar surface area (TPSA) is 68.1 Å². The van der Waals surface area contributed by atoms with Crippen molar-refractivity contribution in [3.8, 4) is 45.0 Å². The van der Waals surface area contributed by atoms with Crippen LogP contribution in [0.3, 0.4) is 0 Å². The summed E-state index contributed by atoms with van der Waals surface area (Å²) in [5.74, 6) is -0.587. The second kappa shape index (κ2) is 30.7. The highest BCUT2D eigenvalue weighted by Crippen LogP contribution is 2.46. The average Bonchev–Trinajstić information content (AvgIpc) is 1.63. The molecule has 0 aliphatic heterocycles. The molecular weight excluding hydrogens is 1510 g/mol. The van der Waals surface area contributed by atoms with Crippen molar-refractivity contribution in [2.75, 3.05) is 0 Å². The molecule has 8 nitrogen and oxygen atoms in total. The lowest BCUT2D eigenvalue weighted by Crippen LogP contribution is -2.33. The Morgan fingerprint density at radius 1 is 0.289 bits per heavy atom. The molecule has 0 radical (unpaired) electrons. The SMILES string of the molecule is Cc1cc2c(cc1F)c(CC(C)(C)C)cc(-c1c(C)c(C)cc3c1oc1ccccc13)[n+]2C.Cc1cc2c(cc1F)c(CC(C)C)cc(-c1c(C)c(C)cc3c1oc1ccccc13)[n+]2C.Cc1cc2c(ccc(-c3c(C)c(C)cc4c3oc3ccccc34)[n+]2C)cc1F.Cc1cc2c(oc3cc(F)ccc32)c(-c2ccc3c(F)cccc3[n+]2C)c1C. The molecule has 0 N–H and O–H groups in total. The first-order valence-electron chi connectivity index (χ1n) is 41.5. The first kappa shape index (κ1) is 80.5. The van der Waals surface area contributed by atoms with Crippen molar-refractivity contribution < 1.29 is 57.9 Å². The van der Waals surface area contributed by atoms with Crippen molar-refractivity contribution in [2.24, 2.45) is 39.5 Å². The minimum Gasteiger partial charge on any atom is -0.455 e. The summed E-state index contributed by atoms with van der Waals surface area (Å²) in [5.41, 5.74) is 32.9. The highest BCUT2D eigenvalue weighted by atomic mass is 19.1. The van der Waals surface area contributed by atoms with E-state index in [-0.39, 0.29) is 34.5 Å². The van der Waals surface area contributed by atoms with Crippen molar-refractivity contribution in [3.63, 3.8) is 0 Å². The standard InChI is InChI=1S/C30H31FNO.C29H29FNO.C25H21FNO.C24H18F2NO/c1-17-12-23-21-10-8-9-11-27(21)33-29(23)28(19(17)3)26-14-20(16-30(4,5)6)22-15-24(31)18(2)13-25(22)32(26)7;1-16(2)11-20-14-26(31(6)25-13-18(4)24(30)15-22(20)25)28-19(5)17(3)12-23-21-9-7-8-10-27(21)32-29(23)28;1-14-11-19-18-7-5-6-8-23(18)28-25(19)24(16(14)3)21-10-9-17-13-20(26)15(2)12-22(17)27(21)4;1-13-11-18-16-8-7-15(25)12-22(16)28-24(18)23(14(13)2)21-10-9-17-19(26)5-4-6-20(17)27(21)3/h8-15H,16H2,1-7H3;7-10,12-16H,11H2,1-6H3;5-13H,1-4H3;4-12H,1-3H3/q4*+1. The van der Waals surface area contributed by atoms with Crippen LogP contribution in [-0.2, 0) is 41.0 Å². The lowest BCUT2D eigenvalue weighted by molar-refractivity contribution is -0.633. The van der Waals surface area contributed by atoms with E-state index in [1.54, 1.807) is 43.3 Å². The molecule has 0 aliphatic rings. The molecule has 8 heterocycles. The normalized spacial score (nSPS) is 12.0. The van der Waals surface area contributed by atoms with E-state index in [1.165, 1.54) is 57.1 Å². The van der Waals surface area contributed by atoms with Gasteiger partial charge in [0.15, 0.2) is 0 Å². The number of benzene rings is 12. The number of furan rings is 4. The van der Waals surface area contributed by atoms with Gasteiger partial charge in [0.05, 0.1) is 38.4 Å². The molecule has 0 amide bonds. The molecule has 8 aromatic heterocycles. The Labute approximate surface area is 701 Å². The smallest absolute Gasteiger partial charge is 0.217 e. The number of halogens is 5. The van der Waals surface area contributed by atoms with Gasteiger partial charge in [-0.05, 0) is 264 Å². The third-order valence-corrected chi connectivity index (χ3v) is 25.1. The number of hydrogen-bond acceptors (Lipinski definition) is 4. The monoisotopic (exact) mass is 1610 g/mol. The van der Waals surface area contributed by atoms with Gasteiger partial charge in [0.25, 0.3) is 0 Å². The minimum absolute atomic E-state index is 0.0712. The number of aryl methyl sites for hydroxylation is 11. The van der Waals surface area contributed by atoms with Gasteiger partial charge in [0.1, 0.15) is 102 Å². The van der Waals surface area contributed by atoms with E-state index in [0.717, 1.165) is 195 Å². The van der Waals surface area contributed by atoms with Gasteiger partial charge in [0, 0.05) is 103 Å². The Hall–Kier alpha value is -12.9. The number of hydrogen-bond donors (Lipinski definition) is 0. The fraction of sp³-hybridized carbons (Fsp3) is 0.222. The van der Waals surface area contributed by atoms with E-state index in [0.29, 0.717) is 33.6 Å². The van der Waals surface area contributed by atoms with Crippen LogP contribution in [0.2, 0.25) is 0 Å². The predicted molar refractivity (Wildman–Crippen MR) is 485 cm³/mol. The van der Waals surface area contributed by atoms with E-state index in [2.05, 4.69) is 184 Å². The molecule has 12 aromatic carbocycles. The van der Waals surface area contributed by atoms with Crippen molar-refractivity contribution >= 4 is 131 Å². The van der Waals surface area contributed by atoms with E-state index >= 15 is 0 Å². The zero-order valence-electron chi connectivity index (χ0n) is 72.4. The van der Waals surface area contributed by atoms with Gasteiger partial charge in [-0.2, -0.15) is 18.3 Å². The number of para-hydroxylation sites is 3. The molecule has 20 aromatic rings. The number of nitrogens with zero attached hydrogens (tertiary/aromatic N) is 4. The summed E-state index contributed by atoms with van der Waals surface area (Å²) >= 11 is 0. The molecule has 13 heteroatoms. The van der Waals surface area contributed by atoms with Gasteiger partial charge < -0.3 is 17.7 Å². The summed E-state index contributed by atoms with van der Waals surface area (Å²) < 4.78 is 105. The van der Waals surface area contributed by atoms with Crippen LogP contribution in [0.5, 0.6) is 0 Å². The Balaban J connectivity index is 0.000000115. The van der Waals surface area contributed by atoms with Gasteiger partial charge in [-0.25, -0.2) is 22.0 Å². The summed E-state index contributed by atoms with van der Waals surface area (Å²) in [7, 11) is 8.11. The Morgan fingerprint density at radius 3 is 1.10 bits per heavy atom. The summed E-state index contributed by atoms with van der Waals surface area (Å²) in [6.07, 6.45) is 1.74. The third-order valence-electron chi connectivity index (χ3n) is 25.1. The van der Waals surface area contributed by atoms with Crippen LogP contribution in [-0.4, -0.2) is 0 Å². The molecule has 0 bridgehead atoms. The highest BCUT2D eigenvalue weighted by Gasteiger charge is 2.32. The van der Waals surface area contributed by atoms with E-state index < -0.39 is 0 Å². The van der Waals surface area contributed by atoms with Crippen LogP contribution in [0, 0.1) is 117 Å². The van der Waals surface area contributed by atoms with Crippen molar-refractivity contribution in [2.45, 2.75) is 124 Å². The molecule has 0 fully saturated rings. The lowest BCUT2D eigenvalue weighted by Gasteiger charge is -2.20. The zero-order valence-corrected chi connectivity index (χ0v) is 72.4. The maximum absolute atomic E-state index is 14.6. The van der Waals surface area contributed by atoms with Gasteiger partial charge in [0.2, 0.25) is 44.8 Å². The summed E-state index contributed by atoms with van der Waals surface area (Å²) in [4.78, 5) is 0. The molecule has 0 unspecified atom stereocenters. The van der Waals surface area contributed by atoms with E-state index in [9.17, 15) is 22.0 Å². The molecule has 0 spiro atoms. The van der Waals surface area contributed by atoms with E-state index in [4.69, 9.17) is 17.7 Å². The van der Waals surface area contributed by atoms with Crippen LogP contribution in [0.15, 0.2) is 224 Å². The second-order valence-corrected chi connectivity index (χ2v) is 35.0. The van der Waals surface area contributed by atoms with Gasteiger partial charge in [-0.3, -0.25) is 0 Å². The molecule has 0 saturated carbocycles. The Bertz CT molecular complexity index is 7740. The molecule has 0 aliphatic carbocycles. The molecule has 20 rings (SSSR count). The maximum atomic E-state index is 14.6. The number of aromatic nitrogens is 4. The number of pyridine rings is 4. The predicted octanol–water partition coefficient (Wildman–Crippen LogP) is 27.8. The largest absolute Gasteiger partial charge is 0.455 e. The number of fused-ring (bicyclic) bond motifs is 16. The van der Waals surface area contributed by atoms with Gasteiger partial charge in [-0.15, -0.1) is 0 Å². The van der Waals surface area contributed by atoms with Crippen LogP contribution < -0.4 is 18.3 Å². The fourth-order valence-corrected chi connectivity index (χ4v) is 18.2. The first-order valence-corrected chi connectivity index (χ1v) is 41.5. The average molecular weight is 1610 g/mol. The van der Waals surface area contributed by atoms with Gasteiger partial charge in [-0.1, -0.05) is 95.3 Å². The molecule has 121 heavy (non-hydrogen) atoms. The second-order valence-electron chi connectivity index (χ2n) is 35.0. The quantitative estimate of drug-likeness (QED) is 0.118. The van der Waals surface area contributed by atoms with Gasteiger partial charge >= 0.3 is 0 Å². The van der Waals surface area contributed by atoms with Crippen LogP contribution in [0.4, 0.5) is 22.0 Å². The van der Waals surface area contributed by atoms with Crippen LogP contribution >= 0.6 is 0 Å². The van der Waals surface area contributed by atoms with Crippen molar-refractivity contribution in [3.05, 3.63) is 308 Å². The zero-order chi connectivity index (χ0) is 85.5. The number of rotatable bonds is 7. The summed E-state index contributed by atoms with van der Waals surface area (Å²) in [5, 5.41) is 12.1. The minimum atomic E-state index is -0.326. The Morgan fingerprint density at radius 2 is 0.653 bits per heavy atom. The first-order chi connectivity index (χ1) is 57.7.